The maximum Gasteiger partial charge on any atom is 0.341 e. The van der Waals surface area contributed by atoms with Gasteiger partial charge in [0.2, 0.25) is 0 Å². The van der Waals surface area contributed by atoms with Crippen LogP contribution in [0.1, 0.15) is 33.7 Å². The van der Waals surface area contributed by atoms with E-state index in [1.54, 1.807) is 14.1 Å². The molecule has 6 nitrogen and oxygen atoms in total. The highest BCUT2D eigenvalue weighted by atomic mass is 16.5. The summed E-state index contributed by atoms with van der Waals surface area (Å²) >= 11 is 0. The van der Waals surface area contributed by atoms with E-state index in [9.17, 15) is 14.7 Å². The molecule has 1 aliphatic rings. The molecular formula is C12H14N2O4. The number of carbonyl (C=O) groups is 2. The van der Waals surface area contributed by atoms with Crippen LogP contribution in [0.15, 0.2) is 12.3 Å². The quantitative estimate of drug-likeness (QED) is 0.863. The van der Waals surface area contributed by atoms with Crippen molar-refractivity contribution in [1.82, 2.24) is 9.88 Å². The summed E-state index contributed by atoms with van der Waals surface area (Å²) in [6.07, 6.45) is 3.28. The monoisotopic (exact) mass is 250 g/mol. The Morgan fingerprint density at radius 1 is 1.44 bits per heavy atom. The second kappa shape index (κ2) is 4.64. The van der Waals surface area contributed by atoms with Crippen LogP contribution in [0.2, 0.25) is 0 Å². The van der Waals surface area contributed by atoms with Gasteiger partial charge >= 0.3 is 5.97 Å². The van der Waals surface area contributed by atoms with E-state index in [1.807, 2.05) is 0 Å². The van der Waals surface area contributed by atoms with Gasteiger partial charge in [-0.25, -0.2) is 9.78 Å². The van der Waals surface area contributed by atoms with Gasteiger partial charge in [-0.3, -0.25) is 4.79 Å². The number of nitrogens with zero attached hydrogens (tertiary/aromatic N) is 2. The Balaban J connectivity index is 2.44. The highest BCUT2D eigenvalue weighted by Crippen LogP contribution is 2.30. The van der Waals surface area contributed by atoms with Crippen LogP contribution in [0.3, 0.4) is 0 Å². The molecule has 1 saturated carbocycles. The van der Waals surface area contributed by atoms with Gasteiger partial charge in [-0.2, -0.15) is 0 Å². The number of rotatable bonds is 4. The summed E-state index contributed by atoms with van der Waals surface area (Å²) in [6.45, 7) is 0. The zero-order valence-corrected chi connectivity index (χ0v) is 10.2. The second-order valence-corrected chi connectivity index (χ2v) is 4.35. The molecule has 0 spiro atoms. The smallest absolute Gasteiger partial charge is 0.341 e. The molecule has 0 bridgehead atoms. The number of carbonyl (C=O) groups excluding carboxylic acids is 1. The van der Waals surface area contributed by atoms with Crippen LogP contribution in [-0.2, 0) is 0 Å². The number of carboxylic acid groups (broad SMARTS) is 1. The van der Waals surface area contributed by atoms with Crippen molar-refractivity contribution in [2.24, 2.45) is 0 Å². The Labute approximate surface area is 104 Å². The number of pyridine rings is 1. The molecule has 1 heterocycles. The lowest BCUT2D eigenvalue weighted by molar-refractivity contribution is 0.0677. The third-order valence-electron chi connectivity index (χ3n) is 2.55. The predicted octanol–water partition coefficient (Wildman–Crippen LogP) is 1.02. The molecule has 1 amide bonds. The van der Waals surface area contributed by atoms with Crippen molar-refractivity contribution in [3.8, 4) is 5.75 Å². The molecular weight excluding hydrogens is 236 g/mol. The molecule has 0 atom stereocenters. The first-order chi connectivity index (χ1) is 8.50. The van der Waals surface area contributed by atoms with Crippen molar-refractivity contribution in [1.29, 1.82) is 0 Å². The SMILES string of the molecule is CN(C)C(=O)c1nccc(OC2CC2)c1C(=O)O. The van der Waals surface area contributed by atoms with Crippen LogP contribution in [0.5, 0.6) is 5.75 Å². The lowest BCUT2D eigenvalue weighted by atomic mass is 10.1. The number of aromatic nitrogens is 1. The largest absolute Gasteiger partial charge is 0.489 e. The highest BCUT2D eigenvalue weighted by Gasteiger charge is 2.29. The van der Waals surface area contributed by atoms with Crippen molar-refractivity contribution in [3.63, 3.8) is 0 Å². The van der Waals surface area contributed by atoms with Crippen LogP contribution in [0, 0.1) is 0 Å². The summed E-state index contributed by atoms with van der Waals surface area (Å²) in [7, 11) is 3.09. The minimum Gasteiger partial charge on any atom is -0.489 e. The molecule has 1 fully saturated rings. The van der Waals surface area contributed by atoms with E-state index in [0.29, 0.717) is 0 Å². The molecule has 0 aromatic carbocycles. The van der Waals surface area contributed by atoms with Gasteiger partial charge < -0.3 is 14.7 Å². The van der Waals surface area contributed by atoms with Gasteiger partial charge in [-0.1, -0.05) is 0 Å². The van der Waals surface area contributed by atoms with Crippen molar-refractivity contribution in [2.75, 3.05) is 14.1 Å². The fourth-order valence-electron chi connectivity index (χ4n) is 1.49. The topological polar surface area (TPSA) is 79.7 Å². The highest BCUT2D eigenvalue weighted by molar-refractivity contribution is 6.04. The first-order valence-electron chi connectivity index (χ1n) is 5.61. The van der Waals surface area contributed by atoms with E-state index in [1.165, 1.54) is 17.2 Å². The van der Waals surface area contributed by atoms with Crippen LogP contribution >= 0.6 is 0 Å². The van der Waals surface area contributed by atoms with E-state index in [0.717, 1.165) is 12.8 Å². The van der Waals surface area contributed by atoms with Crippen LogP contribution in [0.25, 0.3) is 0 Å². The molecule has 18 heavy (non-hydrogen) atoms. The summed E-state index contributed by atoms with van der Waals surface area (Å²) in [5, 5.41) is 9.22. The average molecular weight is 250 g/mol. The van der Waals surface area contributed by atoms with E-state index < -0.39 is 11.9 Å². The predicted molar refractivity (Wildman–Crippen MR) is 62.9 cm³/mol. The van der Waals surface area contributed by atoms with Gasteiger partial charge in [-0.05, 0) is 18.9 Å². The summed E-state index contributed by atoms with van der Waals surface area (Å²) in [5.41, 5.74) is -0.256. The third kappa shape index (κ3) is 2.42. The molecule has 1 N–H and O–H groups in total. The van der Waals surface area contributed by atoms with Crippen LogP contribution in [-0.4, -0.2) is 47.1 Å². The normalized spacial score (nSPS) is 14.1. The zero-order chi connectivity index (χ0) is 13.3. The fourth-order valence-corrected chi connectivity index (χ4v) is 1.49. The number of amides is 1. The molecule has 0 unspecified atom stereocenters. The minimum atomic E-state index is -1.20. The minimum absolute atomic E-state index is 0.0628. The Hall–Kier alpha value is -2.11. The Morgan fingerprint density at radius 3 is 2.61 bits per heavy atom. The van der Waals surface area contributed by atoms with Crippen molar-refractivity contribution >= 4 is 11.9 Å². The van der Waals surface area contributed by atoms with Crippen molar-refractivity contribution in [3.05, 3.63) is 23.5 Å². The van der Waals surface area contributed by atoms with Gasteiger partial charge in [-0.15, -0.1) is 0 Å². The van der Waals surface area contributed by atoms with Gasteiger partial charge in [0.25, 0.3) is 5.91 Å². The van der Waals surface area contributed by atoms with E-state index in [-0.39, 0.29) is 23.1 Å². The molecule has 1 aromatic heterocycles. The number of ether oxygens (including phenoxy) is 1. The van der Waals surface area contributed by atoms with Gasteiger partial charge in [0.15, 0.2) is 0 Å². The summed E-state index contributed by atoms with van der Waals surface area (Å²) < 4.78 is 5.50. The van der Waals surface area contributed by atoms with E-state index >= 15 is 0 Å². The summed E-state index contributed by atoms with van der Waals surface area (Å²) in [5.74, 6) is -1.44. The molecule has 1 aliphatic carbocycles. The number of carboxylic acids is 1. The molecule has 96 valence electrons. The summed E-state index contributed by atoms with van der Waals surface area (Å²) in [4.78, 5) is 28.3. The van der Waals surface area contributed by atoms with Crippen molar-refractivity contribution < 1.29 is 19.4 Å². The molecule has 0 aliphatic heterocycles. The number of hydrogen-bond donors (Lipinski definition) is 1. The van der Waals surface area contributed by atoms with E-state index in [2.05, 4.69) is 4.98 Å². The lowest BCUT2D eigenvalue weighted by Crippen LogP contribution is -2.25. The average Bonchev–Trinajstić information content (AvgIpc) is 3.11. The Bertz CT molecular complexity index is 495. The lowest BCUT2D eigenvalue weighted by Gasteiger charge is -2.14. The molecule has 6 heteroatoms. The third-order valence-corrected chi connectivity index (χ3v) is 2.55. The standard InChI is InChI=1S/C12H14N2O4/c1-14(2)11(15)10-9(12(16)17)8(5-6-13-10)18-7-3-4-7/h5-7H,3-4H2,1-2H3,(H,16,17). The molecule has 0 radical (unpaired) electrons. The Morgan fingerprint density at radius 2 is 2.11 bits per heavy atom. The Kier molecular flexibility index (Phi) is 3.18. The molecule has 0 saturated heterocycles. The number of hydrogen-bond acceptors (Lipinski definition) is 4. The van der Waals surface area contributed by atoms with Gasteiger partial charge in [0.05, 0.1) is 6.10 Å². The van der Waals surface area contributed by atoms with Crippen LogP contribution in [0.4, 0.5) is 0 Å². The first kappa shape index (κ1) is 12.3. The first-order valence-corrected chi connectivity index (χ1v) is 5.61. The van der Waals surface area contributed by atoms with Gasteiger partial charge in [0, 0.05) is 20.3 Å². The second-order valence-electron chi connectivity index (χ2n) is 4.35. The van der Waals surface area contributed by atoms with Crippen LogP contribution < -0.4 is 4.74 Å². The van der Waals surface area contributed by atoms with Gasteiger partial charge in [0.1, 0.15) is 17.0 Å². The maximum atomic E-state index is 11.9. The maximum absolute atomic E-state index is 11.9. The molecule has 1 aromatic rings. The molecule has 2 rings (SSSR count). The van der Waals surface area contributed by atoms with Crippen molar-refractivity contribution in [2.45, 2.75) is 18.9 Å². The number of aromatic carboxylic acids is 1. The summed E-state index contributed by atoms with van der Waals surface area (Å²) in [6, 6.07) is 1.48. The fraction of sp³-hybridized carbons (Fsp3) is 0.417. The zero-order valence-electron chi connectivity index (χ0n) is 10.2. The van der Waals surface area contributed by atoms with E-state index in [4.69, 9.17) is 4.74 Å².